The minimum Gasteiger partial charge on any atom is -0.396 e. The summed E-state index contributed by atoms with van der Waals surface area (Å²) in [5.41, 5.74) is 3.57. The van der Waals surface area contributed by atoms with Gasteiger partial charge in [0.05, 0.1) is 12.1 Å². The number of thiazole rings is 1. The predicted octanol–water partition coefficient (Wildman–Crippen LogP) is 0.587. The third-order valence-electron chi connectivity index (χ3n) is 5.34. The molecule has 0 aromatic carbocycles. The number of aromatic nitrogens is 2. The van der Waals surface area contributed by atoms with Crippen molar-refractivity contribution >= 4 is 28.6 Å². The van der Waals surface area contributed by atoms with E-state index < -0.39 is 18.2 Å². The van der Waals surface area contributed by atoms with Gasteiger partial charge < -0.3 is 31.3 Å². The van der Waals surface area contributed by atoms with E-state index in [-0.39, 0.29) is 12.5 Å². The number of aliphatic imine (C=N–C) groups is 1. The fourth-order valence-electron chi connectivity index (χ4n) is 3.88. The number of aryl methyl sites for hydroxylation is 2. The fourth-order valence-corrected chi connectivity index (χ4v) is 4.57. The summed E-state index contributed by atoms with van der Waals surface area (Å²) in [6, 6.07) is 3.45. The monoisotopic (exact) mass is 430 g/mol. The molecule has 0 saturated heterocycles. The van der Waals surface area contributed by atoms with Crippen molar-refractivity contribution in [2.24, 2.45) is 10.9 Å². The first-order valence-corrected chi connectivity index (χ1v) is 10.7. The highest BCUT2D eigenvalue weighted by Gasteiger charge is 2.41. The molecule has 2 aromatic rings. The van der Waals surface area contributed by atoms with E-state index >= 15 is 0 Å². The average Bonchev–Trinajstić information content (AvgIpc) is 3.32. The van der Waals surface area contributed by atoms with Crippen LogP contribution in [-0.4, -0.2) is 62.6 Å². The van der Waals surface area contributed by atoms with Gasteiger partial charge in [0.25, 0.3) is 0 Å². The minimum absolute atomic E-state index is 0.173. The number of nitrogens with zero attached hydrogens (tertiary/aromatic N) is 3. The second kappa shape index (κ2) is 8.68. The van der Waals surface area contributed by atoms with E-state index in [4.69, 9.17) is 4.99 Å². The number of aliphatic hydroxyl groups excluding tert-OH is 3. The van der Waals surface area contributed by atoms with Gasteiger partial charge in [0.1, 0.15) is 16.9 Å². The van der Waals surface area contributed by atoms with E-state index in [1.165, 1.54) is 11.3 Å². The molecule has 1 fully saturated rings. The van der Waals surface area contributed by atoms with Crippen LogP contribution in [0, 0.1) is 19.8 Å². The van der Waals surface area contributed by atoms with Crippen LogP contribution in [0.3, 0.4) is 0 Å². The summed E-state index contributed by atoms with van der Waals surface area (Å²) in [5, 5.41) is 42.6. The Morgan fingerprint density at radius 1 is 1.20 bits per heavy atom. The van der Waals surface area contributed by atoms with E-state index in [2.05, 4.69) is 25.9 Å². The lowest BCUT2D eigenvalue weighted by molar-refractivity contribution is 0.000647. The zero-order chi connectivity index (χ0) is 21.3. The number of guanidine groups is 1. The SMILES string of the molecule is Cc1cc(NC2=NC(N[C@@H]3C[C@H](CO)[C@@H](O)[C@H]3O)=C(c3nccs3)CN2)cc(C)n1. The first kappa shape index (κ1) is 20.7. The lowest BCUT2D eigenvalue weighted by Crippen LogP contribution is -2.43. The molecular formula is C20H26N6O3S. The van der Waals surface area contributed by atoms with Gasteiger partial charge in [0.15, 0.2) is 0 Å². The summed E-state index contributed by atoms with van der Waals surface area (Å²) in [5.74, 6) is 0.783. The van der Waals surface area contributed by atoms with Crippen molar-refractivity contribution in [1.29, 1.82) is 0 Å². The maximum absolute atomic E-state index is 10.4. The Kier molecular flexibility index (Phi) is 6.00. The zero-order valence-corrected chi connectivity index (χ0v) is 17.6. The van der Waals surface area contributed by atoms with Crippen molar-refractivity contribution in [3.8, 4) is 0 Å². The molecule has 0 unspecified atom stereocenters. The van der Waals surface area contributed by atoms with Crippen molar-refractivity contribution in [3.05, 3.63) is 45.9 Å². The van der Waals surface area contributed by atoms with Crippen LogP contribution in [-0.2, 0) is 0 Å². The number of anilines is 1. The summed E-state index contributed by atoms with van der Waals surface area (Å²) < 4.78 is 0. The molecule has 10 heteroatoms. The molecule has 30 heavy (non-hydrogen) atoms. The molecule has 4 atom stereocenters. The Morgan fingerprint density at radius 2 is 1.97 bits per heavy atom. The van der Waals surface area contributed by atoms with Crippen LogP contribution in [0.15, 0.2) is 34.5 Å². The molecule has 4 rings (SSSR count). The molecule has 3 heterocycles. The Labute approximate surface area is 178 Å². The third kappa shape index (κ3) is 4.31. The van der Waals surface area contributed by atoms with Crippen molar-refractivity contribution in [2.45, 2.75) is 38.5 Å². The first-order valence-electron chi connectivity index (χ1n) is 9.86. The van der Waals surface area contributed by atoms with Crippen molar-refractivity contribution in [3.63, 3.8) is 0 Å². The maximum Gasteiger partial charge on any atom is 0.202 e. The lowest BCUT2D eigenvalue weighted by Gasteiger charge is -2.25. The van der Waals surface area contributed by atoms with Crippen molar-refractivity contribution in [1.82, 2.24) is 20.6 Å². The van der Waals surface area contributed by atoms with Crippen molar-refractivity contribution in [2.75, 3.05) is 18.5 Å². The topological polar surface area (TPSA) is 135 Å². The Hall–Kier alpha value is -2.53. The van der Waals surface area contributed by atoms with Gasteiger partial charge in [0, 0.05) is 53.3 Å². The van der Waals surface area contributed by atoms with E-state index in [1.807, 2.05) is 31.4 Å². The van der Waals surface area contributed by atoms with Gasteiger partial charge in [-0.25, -0.2) is 4.98 Å². The average molecular weight is 431 g/mol. The van der Waals surface area contributed by atoms with Gasteiger partial charge >= 0.3 is 0 Å². The summed E-state index contributed by atoms with van der Waals surface area (Å²) >= 11 is 1.51. The third-order valence-corrected chi connectivity index (χ3v) is 6.17. The molecule has 9 nitrogen and oxygen atoms in total. The molecule has 160 valence electrons. The lowest BCUT2D eigenvalue weighted by atomic mass is 10.1. The van der Waals surface area contributed by atoms with Crippen LogP contribution in [0.5, 0.6) is 0 Å². The van der Waals surface area contributed by atoms with Gasteiger partial charge in [-0.3, -0.25) is 4.98 Å². The van der Waals surface area contributed by atoms with Gasteiger partial charge in [-0.1, -0.05) is 0 Å². The summed E-state index contributed by atoms with van der Waals surface area (Å²) in [7, 11) is 0. The molecule has 2 aliphatic rings. The van der Waals surface area contributed by atoms with E-state index in [0.717, 1.165) is 27.7 Å². The Bertz CT molecular complexity index is 941. The zero-order valence-electron chi connectivity index (χ0n) is 16.8. The largest absolute Gasteiger partial charge is 0.396 e. The molecule has 2 aromatic heterocycles. The second-order valence-electron chi connectivity index (χ2n) is 7.65. The molecule has 0 bridgehead atoms. The van der Waals surface area contributed by atoms with Gasteiger partial charge in [-0.2, -0.15) is 4.99 Å². The summed E-state index contributed by atoms with van der Waals surface area (Å²) in [6.07, 6.45) is 0.226. The molecule has 1 aliphatic heterocycles. The molecular weight excluding hydrogens is 404 g/mol. The Balaban J connectivity index is 1.62. The maximum atomic E-state index is 10.4. The van der Waals surface area contributed by atoms with Crippen LogP contribution in [0.25, 0.3) is 5.57 Å². The standard InChI is InChI=1S/C20H26N6O3S/c1-10-5-13(6-11(2)23-10)24-20-22-8-14(19-21-3-4-30-19)18(26-20)25-15-7-12(9-27)16(28)17(15)29/h3-6,12,15-17,25,27-29H,7-9H2,1-2H3,(H2,22,23,24,26)/t12-,15-,16-,17+/m1/s1. The van der Waals surface area contributed by atoms with Gasteiger partial charge in [-0.15, -0.1) is 11.3 Å². The quantitative estimate of drug-likeness (QED) is 0.406. The Morgan fingerprint density at radius 3 is 2.60 bits per heavy atom. The number of hydrogen-bond acceptors (Lipinski definition) is 10. The number of pyridine rings is 1. The molecule has 6 N–H and O–H groups in total. The summed E-state index contributed by atoms with van der Waals surface area (Å²) in [4.78, 5) is 13.5. The van der Waals surface area contributed by atoms with Crippen molar-refractivity contribution < 1.29 is 15.3 Å². The number of hydrogen-bond donors (Lipinski definition) is 6. The van der Waals surface area contributed by atoms with Crippen LogP contribution >= 0.6 is 11.3 Å². The van der Waals surface area contributed by atoms with Crippen LogP contribution < -0.4 is 16.0 Å². The molecule has 0 radical (unpaired) electrons. The van der Waals surface area contributed by atoms with Crippen LogP contribution in [0.1, 0.15) is 22.8 Å². The molecule has 0 amide bonds. The second-order valence-corrected chi connectivity index (χ2v) is 8.55. The minimum atomic E-state index is -0.987. The van der Waals surface area contributed by atoms with Gasteiger partial charge in [-0.05, 0) is 32.4 Å². The highest BCUT2D eigenvalue weighted by atomic mass is 32.1. The van der Waals surface area contributed by atoms with Crippen LogP contribution in [0.2, 0.25) is 0 Å². The first-order chi connectivity index (χ1) is 14.4. The van der Waals surface area contributed by atoms with E-state index in [1.54, 1.807) is 6.20 Å². The predicted molar refractivity (Wildman–Crippen MR) is 116 cm³/mol. The van der Waals surface area contributed by atoms with E-state index in [0.29, 0.717) is 24.7 Å². The highest BCUT2D eigenvalue weighted by Crippen LogP contribution is 2.29. The smallest absolute Gasteiger partial charge is 0.202 e. The highest BCUT2D eigenvalue weighted by molar-refractivity contribution is 7.10. The van der Waals surface area contributed by atoms with E-state index in [9.17, 15) is 15.3 Å². The number of aliphatic hydroxyl groups is 3. The number of nitrogens with one attached hydrogen (secondary N) is 3. The fraction of sp³-hybridized carbons (Fsp3) is 0.450. The van der Waals surface area contributed by atoms with Gasteiger partial charge in [0.2, 0.25) is 5.96 Å². The molecule has 1 aliphatic carbocycles. The summed E-state index contributed by atoms with van der Waals surface area (Å²) in [6.45, 7) is 4.20. The number of rotatable bonds is 5. The normalized spacial score (nSPS) is 26.4. The molecule has 0 spiro atoms. The molecule has 1 saturated carbocycles. The van der Waals surface area contributed by atoms with Crippen LogP contribution in [0.4, 0.5) is 5.69 Å².